The van der Waals surface area contributed by atoms with Crippen LogP contribution in [-0.4, -0.2) is 37.3 Å². The average Bonchev–Trinajstić information content (AvgIpc) is 2.02. The van der Waals surface area contributed by atoms with Gasteiger partial charge in [0.05, 0.1) is 26.1 Å². The van der Waals surface area contributed by atoms with Gasteiger partial charge in [-0.15, -0.1) is 0 Å². The molecular weight excluding hydrogens is 184 g/mol. The van der Waals surface area contributed by atoms with Gasteiger partial charge >= 0.3 is 0 Å². The van der Waals surface area contributed by atoms with Gasteiger partial charge in [-0.2, -0.15) is 0 Å². The van der Waals surface area contributed by atoms with E-state index in [0.29, 0.717) is 19.8 Å². The number of alkyl halides is 1. The topological polar surface area (TPSA) is 47.9 Å². The number of ether oxygens (including phenoxy) is 3. The van der Waals surface area contributed by atoms with E-state index in [1.165, 1.54) is 6.26 Å². The fraction of sp³-hybridized carbons (Fsp3) is 0.714. The van der Waals surface area contributed by atoms with Crippen molar-refractivity contribution in [3.63, 3.8) is 0 Å². The molecule has 1 atom stereocenters. The third-order valence-corrected chi connectivity index (χ3v) is 1.07. The molecule has 0 spiro atoms. The van der Waals surface area contributed by atoms with Gasteiger partial charge in [-0.05, 0) is 0 Å². The van der Waals surface area contributed by atoms with Gasteiger partial charge < -0.3 is 19.3 Å². The first-order valence-electron chi connectivity index (χ1n) is 3.51. The number of hydrogen-bond acceptors (Lipinski definition) is 4. The molecule has 0 aromatic rings. The number of aliphatic hydroxyl groups is 1. The molecule has 0 amide bonds. The minimum Gasteiger partial charge on any atom is -0.499 e. The lowest BCUT2D eigenvalue weighted by Crippen LogP contribution is -2.11. The molecule has 0 aliphatic rings. The molecule has 0 saturated carbocycles. The Morgan fingerprint density at radius 3 is 2.58 bits per heavy atom. The Balaban J connectivity index is 2.86. The first kappa shape index (κ1) is 11.7. The largest absolute Gasteiger partial charge is 0.499 e. The Morgan fingerprint density at radius 1 is 1.33 bits per heavy atom. The van der Waals surface area contributed by atoms with Crippen LogP contribution < -0.4 is 0 Å². The molecule has 0 aliphatic carbocycles. The van der Waals surface area contributed by atoms with Gasteiger partial charge in [-0.1, -0.05) is 18.2 Å². The van der Waals surface area contributed by atoms with E-state index in [1.807, 2.05) is 0 Å². The van der Waals surface area contributed by atoms with Gasteiger partial charge in [-0.3, -0.25) is 0 Å². The van der Waals surface area contributed by atoms with Crippen molar-refractivity contribution in [1.82, 2.24) is 0 Å². The first-order chi connectivity index (χ1) is 5.77. The predicted octanol–water partition coefficient (Wildman–Crippen LogP) is 0.694. The normalized spacial score (nSPS) is 12.5. The molecule has 1 unspecified atom stereocenters. The number of hydrogen-bond donors (Lipinski definition) is 1. The van der Waals surface area contributed by atoms with E-state index in [2.05, 4.69) is 11.3 Å². The van der Waals surface area contributed by atoms with Crippen LogP contribution in [0.15, 0.2) is 12.8 Å². The molecule has 72 valence electrons. The van der Waals surface area contributed by atoms with Crippen molar-refractivity contribution in [1.29, 1.82) is 0 Å². The van der Waals surface area contributed by atoms with Crippen LogP contribution in [0.1, 0.15) is 0 Å². The van der Waals surface area contributed by atoms with Crippen LogP contribution in [0.5, 0.6) is 0 Å². The number of halogens is 1. The van der Waals surface area contributed by atoms with E-state index in [9.17, 15) is 0 Å². The molecule has 4 nitrogen and oxygen atoms in total. The Hall–Kier alpha value is -0.290. The Morgan fingerprint density at radius 2 is 2.00 bits per heavy atom. The standard InChI is InChI=1S/C7H13ClO4/c1-2-10-3-4-11-5-6-12-7(8)9/h2,7,9H,1,3-6H2. The van der Waals surface area contributed by atoms with Crippen LogP contribution in [0, 0.1) is 0 Å². The third kappa shape index (κ3) is 9.71. The van der Waals surface area contributed by atoms with Crippen LogP contribution in [0.2, 0.25) is 0 Å². The van der Waals surface area contributed by atoms with E-state index in [0.717, 1.165) is 0 Å². The van der Waals surface area contributed by atoms with Crippen LogP contribution in [0.25, 0.3) is 0 Å². The van der Waals surface area contributed by atoms with Crippen molar-refractivity contribution in [2.45, 2.75) is 5.75 Å². The molecule has 0 bridgehead atoms. The van der Waals surface area contributed by atoms with E-state index in [4.69, 9.17) is 26.2 Å². The second kappa shape index (κ2) is 8.80. The number of aliphatic hydroxyl groups excluding tert-OH is 1. The lowest BCUT2D eigenvalue weighted by molar-refractivity contribution is -0.0615. The molecule has 12 heavy (non-hydrogen) atoms. The fourth-order valence-corrected chi connectivity index (χ4v) is 0.586. The van der Waals surface area contributed by atoms with Crippen molar-refractivity contribution < 1.29 is 19.3 Å². The molecule has 0 saturated heterocycles. The molecule has 1 N–H and O–H groups in total. The monoisotopic (exact) mass is 196 g/mol. The summed E-state index contributed by atoms with van der Waals surface area (Å²) in [4.78, 5) is 0. The molecule has 0 fully saturated rings. The van der Waals surface area contributed by atoms with Crippen molar-refractivity contribution in [2.75, 3.05) is 26.4 Å². The molecule has 0 rings (SSSR count). The summed E-state index contributed by atoms with van der Waals surface area (Å²) < 4.78 is 14.4. The first-order valence-corrected chi connectivity index (χ1v) is 3.95. The van der Waals surface area contributed by atoms with Crippen molar-refractivity contribution in [3.8, 4) is 0 Å². The molecule has 0 aromatic carbocycles. The Kier molecular flexibility index (Phi) is 8.59. The van der Waals surface area contributed by atoms with Gasteiger partial charge in [0.25, 0.3) is 0 Å². The molecular formula is C7H13ClO4. The molecule has 0 heterocycles. The summed E-state index contributed by atoms with van der Waals surface area (Å²) in [6.07, 6.45) is 1.35. The summed E-state index contributed by atoms with van der Waals surface area (Å²) in [5.74, 6) is -1.25. The van der Waals surface area contributed by atoms with Crippen LogP contribution in [0.3, 0.4) is 0 Å². The predicted molar refractivity (Wildman–Crippen MR) is 44.8 cm³/mol. The number of rotatable bonds is 8. The molecule has 5 heteroatoms. The molecule has 0 radical (unpaired) electrons. The highest BCUT2D eigenvalue weighted by Crippen LogP contribution is 1.91. The van der Waals surface area contributed by atoms with Gasteiger partial charge in [0.1, 0.15) is 6.61 Å². The highest BCUT2D eigenvalue weighted by atomic mass is 35.5. The highest BCUT2D eigenvalue weighted by molar-refractivity contribution is 6.18. The van der Waals surface area contributed by atoms with E-state index in [1.54, 1.807) is 0 Å². The minimum absolute atomic E-state index is 0.263. The smallest absolute Gasteiger partial charge is 0.234 e. The summed E-state index contributed by atoms with van der Waals surface area (Å²) in [6, 6.07) is 0. The summed E-state index contributed by atoms with van der Waals surface area (Å²) in [7, 11) is 0. The SMILES string of the molecule is C=COCCOCCOC(O)Cl. The Labute approximate surface area is 76.7 Å². The van der Waals surface area contributed by atoms with Gasteiger partial charge in [0, 0.05) is 0 Å². The minimum atomic E-state index is -1.25. The van der Waals surface area contributed by atoms with E-state index < -0.39 is 5.75 Å². The fourth-order valence-electron chi connectivity index (χ4n) is 0.497. The second-order valence-electron chi connectivity index (χ2n) is 1.81. The molecule has 0 aliphatic heterocycles. The zero-order valence-corrected chi connectivity index (χ0v) is 7.50. The maximum absolute atomic E-state index is 8.44. The lowest BCUT2D eigenvalue weighted by atomic mass is 10.7. The Bertz CT molecular complexity index is 108. The highest BCUT2D eigenvalue weighted by Gasteiger charge is 1.95. The van der Waals surface area contributed by atoms with Gasteiger partial charge in [-0.25, -0.2) is 0 Å². The molecule has 0 aromatic heterocycles. The lowest BCUT2D eigenvalue weighted by Gasteiger charge is -2.05. The maximum Gasteiger partial charge on any atom is 0.234 e. The van der Waals surface area contributed by atoms with Crippen molar-refractivity contribution in [2.24, 2.45) is 0 Å². The van der Waals surface area contributed by atoms with E-state index >= 15 is 0 Å². The van der Waals surface area contributed by atoms with Gasteiger partial charge in [0.2, 0.25) is 5.75 Å². The summed E-state index contributed by atoms with van der Waals surface area (Å²) in [5, 5.41) is 8.44. The zero-order chi connectivity index (χ0) is 9.23. The van der Waals surface area contributed by atoms with Crippen molar-refractivity contribution >= 4 is 11.6 Å². The van der Waals surface area contributed by atoms with Crippen LogP contribution in [-0.2, 0) is 14.2 Å². The summed E-state index contributed by atoms with van der Waals surface area (Å²) in [5.41, 5.74) is 0. The van der Waals surface area contributed by atoms with Crippen molar-refractivity contribution in [3.05, 3.63) is 12.8 Å². The van der Waals surface area contributed by atoms with Gasteiger partial charge in [0.15, 0.2) is 0 Å². The van der Waals surface area contributed by atoms with Crippen LogP contribution in [0.4, 0.5) is 0 Å². The maximum atomic E-state index is 8.44. The average molecular weight is 197 g/mol. The summed E-state index contributed by atoms with van der Waals surface area (Å²) >= 11 is 5.08. The third-order valence-electron chi connectivity index (χ3n) is 0.946. The summed E-state index contributed by atoms with van der Waals surface area (Å²) in [6.45, 7) is 4.94. The quantitative estimate of drug-likeness (QED) is 0.269. The second-order valence-corrected chi connectivity index (χ2v) is 2.19. The zero-order valence-electron chi connectivity index (χ0n) is 6.74. The van der Waals surface area contributed by atoms with Crippen LogP contribution >= 0.6 is 11.6 Å². The van der Waals surface area contributed by atoms with E-state index in [-0.39, 0.29) is 6.61 Å².